The van der Waals surface area contributed by atoms with Crippen molar-refractivity contribution in [3.05, 3.63) is 118 Å². The number of Topliss-reactive ketones (excluding diaryl/α,β-unsaturated/α-hetero) is 1. The van der Waals surface area contributed by atoms with Crippen molar-refractivity contribution in [3.8, 4) is 17.2 Å². The maximum Gasteiger partial charge on any atom is 0.282 e. The van der Waals surface area contributed by atoms with E-state index in [0.717, 1.165) is 16.5 Å². The number of aromatic nitrogens is 4. The van der Waals surface area contributed by atoms with Gasteiger partial charge in [-0.2, -0.15) is 0 Å². The SMILES string of the molecule is Cc1c(C(=O)Cc2ccc(Oc3ccnc4cc(/C=C/[Si](C)(C)O)ccc34)cn2)c(=O)n(-c2ccccc2)n1CC(C)(C)O. The third-order valence-electron chi connectivity index (χ3n) is 6.99. The summed E-state index contributed by atoms with van der Waals surface area (Å²) in [5, 5.41) is 11.4. The zero-order chi connectivity index (χ0) is 31.6. The van der Waals surface area contributed by atoms with Gasteiger partial charge >= 0.3 is 0 Å². The average Bonchev–Trinajstić information content (AvgIpc) is 3.20. The first-order valence-electron chi connectivity index (χ1n) is 14.4. The number of benzene rings is 2. The second-order valence-electron chi connectivity index (χ2n) is 12.0. The molecule has 226 valence electrons. The van der Waals surface area contributed by atoms with Crippen LogP contribution in [0.4, 0.5) is 0 Å². The molecule has 0 aliphatic carbocycles. The van der Waals surface area contributed by atoms with Crippen molar-refractivity contribution >= 4 is 31.1 Å². The molecule has 5 rings (SSSR count). The van der Waals surface area contributed by atoms with Gasteiger partial charge in [0.1, 0.15) is 17.1 Å². The van der Waals surface area contributed by atoms with Gasteiger partial charge in [-0.25, -0.2) is 4.68 Å². The summed E-state index contributed by atoms with van der Waals surface area (Å²) >= 11 is 0. The van der Waals surface area contributed by atoms with E-state index < -0.39 is 19.5 Å². The fourth-order valence-corrected chi connectivity index (χ4v) is 5.54. The molecule has 3 heterocycles. The minimum Gasteiger partial charge on any atom is -0.455 e. The lowest BCUT2D eigenvalue weighted by atomic mass is 10.1. The van der Waals surface area contributed by atoms with E-state index in [1.165, 1.54) is 4.68 Å². The third-order valence-corrected chi connectivity index (χ3v) is 7.97. The lowest BCUT2D eigenvalue weighted by Gasteiger charge is -2.22. The quantitative estimate of drug-likeness (QED) is 0.156. The van der Waals surface area contributed by atoms with Crippen LogP contribution < -0.4 is 10.3 Å². The Bertz CT molecular complexity index is 1900. The first kappa shape index (κ1) is 30.8. The predicted octanol–water partition coefficient (Wildman–Crippen LogP) is 5.63. The topological polar surface area (TPSA) is 119 Å². The number of para-hydroxylation sites is 1. The predicted molar refractivity (Wildman–Crippen MR) is 174 cm³/mol. The highest BCUT2D eigenvalue weighted by Gasteiger charge is 2.27. The smallest absolute Gasteiger partial charge is 0.282 e. The van der Waals surface area contributed by atoms with Gasteiger partial charge in [-0.3, -0.25) is 24.2 Å². The lowest BCUT2D eigenvalue weighted by Crippen LogP contribution is -2.32. The van der Waals surface area contributed by atoms with Crippen LogP contribution in [0.15, 0.2) is 89.6 Å². The van der Waals surface area contributed by atoms with Gasteiger partial charge in [0, 0.05) is 23.0 Å². The molecule has 44 heavy (non-hydrogen) atoms. The lowest BCUT2D eigenvalue weighted by molar-refractivity contribution is 0.0546. The summed E-state index contributed by atoms with van der Waals surface area (Å²) in [6, 6.07) is 20.1. The Morgan fingerprint density at radius 3 is 2.45 bits per heavy atom. The molecule has 0 saturated carbocycles. The van der Waals surface area contributed by atoms with E-state index in [0.29, 0.717) is 28.6 Å². The molecule has 0 radical (unpaired) electrons. The standard InChI is InChI=1S/C34H36N4O5Si/c1-23-32(33(40)38(26-9-7-6-8-10-26)37(23)22-34(2,3)41)30(39)20-25-12-13-27(21-36-25)43-31-15-17-35-29-19-24(11-14-28(29)31)16-18-44(4,5)42/h6-19,21,41-42H,20,22H2,1-5H3/b18-16+. The fourth-order valence-electron chi connectivity index (χ4n) is 4.94. The molecule has 0 atom stereocenters. The van der Waals surface area contributed by atoms with E-state index in [1.54, 1.807) is 68.2 Å². The van der Waals surface area contributed by atoms with E-state index in [1.807, 2.05) is 61.3 Å². The van der Waals surface area contributed by atoms with Crippen LogP contribution in [0, 0.1) is 6.92 Å². The largest absolute Gasteiger partial charge is 0.455 e. The van der Waals surface area contributed by atoms with Crippen LogP contribution in [-0.2, 0) is 13.0 Å². The Morgan fingerprint density at radius 2 is 1.80 bits per heavy atom. The molecule has 0 spiro atoms. The Morgan fingerprint density at radius 1 is 1.05 bits per heavy atom. The number of ether oxygens (including phenoxy) is 1. The number of carbonyl (C=O) groups is 1. The van der Waals surface area contributed by atoms with Crippen LogP contribution >= 0.6 is 0 Å². The monoisotopic (exact) mass is 608 g/mol. The van der Waals surface area contributed by atoms with Crippen LogP contribution in [0.25, 0.3) is 22.7 Å². The number of aliphatic hydroxyl groups is 1. The number of hydrogen-bond donors (Lipinski definition) is 2. The maximum atomic E-state index is 13.6. The molecule has 0 fully saturated rings. The van der Waals surface area contributed by atoms with E-state index in [4.69, 9.17) is 4.74 Å². The minimum absolute atomic E-state index is 0.0698. The Kier molecular flexibility index (Phi) is 8.51. The summed E-state index contributed by atoms with van der Waals surface area (Å²) in [7, 11) is -2.31. The Balaban J connectivity index is 1.36. The van der Waals surface area contributed by atoms with Crippen molar-refractivity contribution in [1.29, 1.82) is 0 Å². The van der Waals surface area contributed by atoms with Crippen molar-refractivity contribution in [3.63, 3.8) is 0 Å². The van der Waals surface area contributed by atoms with Gasteiger partial charge in [0.05, 0.1) is 36.0 Å². The fraction of sp³-hybridized carbons (Fsp3) is 0.235. The average molecular weight is 609 g/mol. The molecule has 0 amide bonds. The Labute approximate surface area is 256 Å². The van der Waals surface area contributed by atoms with Crippen LogP contribution in [-0.4, -0.2) is 48.9 Å². The normalized spacial score (nSPS) is 12.2. The molecular weight excluding hydrogens is 572 g/mol. The summed E-state index contributed by atoms with van der Waals surface area (Å²) in [6.45, 7) is 8.87. The molecule has 5 aromatic rings. The van der Waals surface area contributed by atoms with Crippen molar-refractivity contribution in [2.24, 2.45) is 0 Å². The van der Waals surface area contributed by atoms with Gasteiger partial charge in [-0.05, 0) is 81.9 Å². The second kappa shape index (κ2) is 12.2. The minimum atomic E-state index is -2.31. The van der Waals surface area contributed by atoms with E-state index in [9.17, 15) is 19.5 Å². The molecule has 9 nitrogen and oxygen atoms in total. The zero-order valence-electron chi connectivity index (χ0n) is 25.5. The molecular formula is C34H36N4O5Si. The van der Waals surface area contributed by atoms with Crippen molar-refractivity contribution in [2.45, 2.75) is 52.4 Å². The van der Waals surface area contributed by atoms with E-state index >= 15 is 0 Å². The van der Waals surface area contributed by atoms with Gasteiger partial charge in [-0.1, -0.05) is 36.0 Å². The number of nitrogens with zero attached hydrogens (tertiary/aromatic N) is 4. The summed E-state index contributed by atoms with van der Waals surface area (Å²) in [4.78, 5) is 46.1. The van der Waals surface area contributed by atoms with Crippen LogP contribution in [0.1, 0.15) is 41.2 Å². The van der Waals surface area contributed by atoms with Crippen LogP contribution in [0.5, 0.6) is 11.5 Å². The van der Waals surface area contributed by atoms with Crippen LogP contribution in [0.3, 0.4) is 0 Å². The number of carbonyl (C=O) groups excluding carboxylic acids is 1. The number of rotatable bonds is 10. The number of pyridine rings is 2. The summed E-state index contributed by atoms with van der Waals surface area (Å²) in [5.74, 6) is 0.743. The maximum absolute atomic E-state index is 13.6. The van der Waals surface area contributed by atoms with Gasteiger partial charge in [0.15, 0.2) is 5.78 Å². The van der Waals surface area contributed by atoms with Crippen LogP contribution in [0.2, 0.25) is 13.1 Å². The van der Waals surface area contributed by atoms with Crippen molar-refractivity contribution in [2.75, 3.05) is 0 Å². The molecule has 10 heteroatoms. The summed E-state index contributed by atoms with van der Waals surface area (Å²) in [6.07, 6.45) is 5.06. The van der Waals surface area contributed by atoms with Crippen molar-refractivity contribution in [1.82, 2.24) is 19.3 Å². The third kappa shape index (κ3) is 7.11. The molecule has 2 N–H and O–H groups in total. The number of fused-ring (bicyclic) bond motifs is 1. The molecule has 0 unspecified atom stereocenters. The number of hydrogen-bond acceptors (Lipinski definition) is 7. The molecule has 3 aromatic heterocycles. The van der Waals surface area contributed by atoms with Gasteiger partial charge in [0.2, 0.25) is 8.32 Å². The number of ketones is 1. The summed E-state index contributed by atoms with van der Waals surface area (Å²) < 4.78 is 9.22. The molecule has 0 bridgehead atoms. The highest BCUT2D eigenvalue weighted by atomic mass is 28.4. The highest BCUT2D eigenvalue weighted by Crippen LogP contribution is 2.29. The first-order valence-corrected chi connectivity index (χ1v) is 17.4. The van der Waals surface area contributed by atoms with Crippen molar-refractivity contribution < 1.29 is 19.4 Å². The van der Waals surface area contributed by atoms with E-state index in [-0.39, 0.29) is 24.3 Å². The second-order valence-corrected chi connectivity index (χ2v) is 15.7. The summed E-state index contributed by atoms with van der Waals surface area (Å²) in [5.41, 5.74) is 3.66. The van der Waals surface area contributed by atoms with Gasteiger partial charge in [0.25, 0.3) is 5.56 Å². The zero-order valence-corrected chi connectivity index (χ0v) is 26.5. The molecule has 0 saturated heterocycles. The molecule has 0 aliphatic heterocycles. The van der Waals surface area contributed by atoms with E-state index in [2.05, 4.69) is 9.97 Å². The molecule has 2 aromatic carbocycles. The highest BCUT2D eigenvalue weighted by molar-refractivity contribution is 6.75. The van der Waals surface area contributed by atoms with Gasteiger partial charge in [-0.15, -0.1) is 0 Å². The first-order chi connectivity index (χ1) is 20.8. The Hall–Kier alpha value is -4.64. The molecule has 0 aliphatic rings. The van der Waals surface area contributed by atoms with Gasteiger partial charge < -0.3 is 14.6 Å².